The van der Waals surface area contributed by atoms with Gasteiger partial charge in [-0.2, -0.15) is 13.8 Å². The van der Waals surface area contributed by atoms with Gasteiger partial charge in [0.05, 0.1) is 12.6 Å². The lowest BCUT2D eigenvalue weighted by atomic mass is 10.1. The molecule has 3 rings (SSSR count). The third-order valence-corrected chi connectivity index (χ3v) is 3.70. The number of hydrogen-bond acceptors (Lipinski definition) is 5. The average molecular weight is 293 g/mol. The van der Waals surface area contributed by atoms with Crippen molar-refractivity contribution < 1.29 is 9.13 Å². The van der Waals surface area contributed by atoms with E-state index in [0.29, 0.717) is 13.2 Å². The number of aryl methyl sites for hydroxylation is 1. The molecule has 1 fully saturated rings. The van der Waals surface area contributed by atoms with Crippen LogP contribution < -0.4 is 5.69 Å². The SMILES string of the molecule is Cc1cc(F)ncc1Cn1nnn(C2CCOCC2)c1=O. The van der Waals surface area contributed by atoms with Gasteiger partial charge in [0.15, 0.2) is 0 Å². The first kappa shape index (κ1) is 13.9. The van der Waals surface area contributed by atoms with Gasteiger partial charge in [0.1, 0.15) is 0 Å². The van der Waals surface area contributed by atoms with Crippen LogP contribution in [-0.4, -0.2) is 38.0 Å². The first-order valence-electron chi connectivity index (χ1n) is 6.86. The van der Waals surface area contributed by atoms with Gasteiger partial charge in [0, 0.05) is 19.4 Å². The summed E-state index contributed by atoms with van der Waals surface area (Å²) in [6.45, 7) is 3.27. The first-order valence-corrected chi connectivity index (χ1v) is 6.86. The van der Waals surface area contributed by atoms with Crippen LogP contribution in [0.4, 0.5) is 4.39 Å². The fourth-order valence-corrected chi connectivity index (χ4v) is 2.42. The van der Waals surface area contributed by atoms with Crippen LogP contribution in [0.3, 0.4) is 0 Å². The third kappa shape index (κ3) is 2.85. The summed E-state index contributed by atoms with van der Waals surface area (Å²) < 4.78 is 21.0. The Labute approximate surface area is 120 Å². The molecular weight excluding hydrogens is 277 g/mol. The molecule has 21 heavy (non-hydrogen) atoms. The van der Waals surface area contributed by atoms with Gasteiger partial charge in [0.25, 0.3) is 0 Å². The van der Waals surface area contributed by atoms with Crippen molar-refractivity contribution in [3.05, 3.63) is 39.8 Å². The Kier molecular flexibility index (Phi) is 3.78. The molecule has 2 aromatic heterocycles. The van der Waals surface area contributed by atoms with E-state index in [0.717, 1.165) is 24.0 Å². The van der Waals surface area contributed by atoms with E-state index < -0.39 is 5.95 Å². The smallest absolute Gasteiger partial charge is 0.364 e. The summed E-state index contributed by atoms with van der Waals surface area (Å²) in [6.07, 6.45) is 2.94. The highest BCUT2D eigenvalue weighted by atomic mass is 19.1. The molecule has 2 aromatic rings. The number of tetrazole rings is 1. The predicted octanol–water partition coefficient (Wildman–Crippen LogP) is 0.682. The third-order valence-electron chi connectivity index (χ3n) is 3.70. The lowest BCUT2D eigenvalue weighted by molar-refractivity contribution is 0.0647. The van der Waals surface area contributed by atoms with Crippen molar-refractivity contribution >= 4 is 0 Å². The van der Waals surface area contributed by atoms with E-state index in [9.17, 15) is 9.18 Å². The number of hydrogen-bond donors (Lipinski definition) is 0. The molecule has 0 aliphatic carbocycles. The van der Waals surface area contributed by atoms with Crippen molar-refractivity contribution in [2.45, 2.75) is 32.4 Å². The Morgan fingerprint density at radius 3 is 2.86 bits per heavy atom. The highest BCUT2D eigenvalue weighted by molar-refractivity contribution is 5.21. The second-order valence-corrected chi connectivity index (χ2v) is 5.14. The maximum atomic E-state index is 13.0. The lowest BCUT2D eigenvalue weighted by Crippen LogP contribution is -2.31. The highest BCUT2D eigenvalue weighted by Crippen LogP contribution is 2.17. The fraction of sp³-hybridized carbons (Fsp3) is 0.538. The molecule has 0 radical (unpaired) electrons. The van der Waals surface area contributed by atoms with Crippen LogP contribution in [-0.2, 0) is 11.3 Å². The topological polar surface area (TPSA) is 74.8 Å². The van der Waals surface area contributed by atoms with Crippen LogP contribution in [0.15, 0.2) is 17.1 Å². The molecule has 0 aromatic carbocycles. The molecule has 1 aliphatic heterocycles. The summed E-state index contributed by atoms with van der Waals surface area (Å²) >= 11 is 0. The summed E-state index contributed by atoms with van der Waals surface area (Å²) in [5, 5.41) is 7.85. The van der Waals surface area contributed by atoms with Crippen molar-refractivity contribution in [1.29, 1.82) is 0 Å². The van der Waals surface area contributed by atoms with Crippen LogP contribution in [0.2, 0.25) is 0 Å². The Bertz CT molecular complexity index is 690. The summed E-state index contributed by atoms with van der Waals surface area (Å²) in [6, 6.07) is 1.37. The normalized spacial score (nSPS) is 16.3. The van der Waals surface area contributed by atoms with E-state index in [1.165, 1.54) is 21.6 Å². The number of pyridine rings is 1. The standard InChI is InChI=1S/C13H16FN5O2/c1-9-6-12(14)15-7-10(9)8-18-13(20)19(17-16-18)11-2-4-21-5-3-11/h6-7,11H,2-5,8H2,1H3. The minimum atomic E-state index is -0.533. The highest BCUT2D eigenvalue weighted by Gasteiger charge is 2.20. The van der Waals surface area contributed by atoms with Crippen LogP contribution in [0, 0.1) is 12.9 Å². The van der Waals surface area contributed by atoms with Gasteiger partial charge in [-0.25, -0.2) is 9.78 Å². The van der Waals surface area contributed by atoms with Crippen LogP contribution in [0.1, 0.15) is 30.0 Å². The molecular formula is C13H16FN5O2. The van der Waals surface area contributed by atoms with E-state index >= 15 is 0 Å². The van der Waals surface area contributed by atoms with Crippen molar-refractivity contribution in [2.24, 2.45) is 0 Å². The second-order valence-electron chi connectivity index (χ2n) is 5.14. The summed E-state index contributed by atoms with van der Waals surface area (Å²) in [7, 11) is 0. The zero-order valence-electron chi connectivity index (χ0n) is 11.7. The number of aromatic nitrogens is 5. The van der Waals surface area contributed by atoms with E-state index in [2.05, 4.69) is 15.4 Å². The minimum Gasteiger partial charge on any atom is -0.381 e. The molecule has 0 atom stereocenters. The van der Waals surface area contributed by atoms with Crippen molar-refractivity contribution in [2.75, 3.05) is 13.2 Å². The van der Waals surface area contributed by atoms with E-state index in [1.54, 1.807) is 6.92 Å². The van der Waals surface area contributed by atoms with Crippen molar-refractivity contribution in [1.82, 2.24) is 24.8 Å². The quantitative estimate of drug-likeness (QED) is 0.778. The Balaban J connectivity index is 1.83. The van der Waals surface area contributed by atoms with E-state index in [-0.39, 0.29) is 18.3 Å². The molecule has 0 spiro atoms. The monoisotopic (exact) mass is 293 g/mol. The molecule has 1 saturated heterocycles. The minimum absolute atomic E-state index is 0.0347. The van der Waals surface area contributed by atoms with Gasteiger partial charge in [0.2, 0.25) is 5.95 Å². The maximum Gasteiger partial charge on any atom is 0.364 e. The molecule has 0 saturated carbocycles. The van der Waals surface area contributed by atoms with Gasteiger partial charge in [-0.15, -0.1) is 0 Å². The van der Waals surface area contributed by atoms with Gasteiger partial charge < -0.3 is 4.74 Å². The second kappa shape index (κ2) is 5.72. The van der Waals surface area contributed by atoms with Gasteiger partial charge in [-0.3, -0.25) is 0 Å². The molecule has 8 heteroatoms. The molecule has 7 nitrogen and oxygen atoms in total. The molecule has 1 aliphatic rings. The molecule has 0 N–H and O–H groups in total. The van der Waals surface area contributed by atoms with Gasteiger partial charge in [-0.05, 0) is 47.4 Å². The van der Waals surface area contributed by atoms with E-state index in [4.69, 9.17) is 4.74 Å². The number of nitrogens with zero attached hydrogens (tertiary/aromatic N) is 5. The first-order chi connectivity index (χ1) is 10.1. The fourth-order valence-electron chi connectivity index (χ4n) is 2.42. The van der Waals surface area contributed by atoms with Crippen molar-refractivity contribution in [3.63, 3.8) is 0 Å². The van der Waals surface area contributed by atoms with Crippen molar-refractivity contribution in [3.8, 4) is 0 Å². The summed E-state index contributed by atoms with van der Waals surface area (Å²) in [4.78, 5) is 15.9. The zero-order valence-corrected chi connectivity index (χ0v) is 11.7. The summed E-state index contributed by atoms with van der Waals surface area (Å²) in [5.41, 5.74) is 1.22. The lowest BCUT2D eigenvalue weighted by Gasteiger charge is -2.20. The van der Waals surface area contributed by atoms with Crippen LogP contribution in [0.5, 0.6) is 0 Å². The summed E-state index contributed by atoms with van der Waals surface area (Å²) in [5.74, 6) is -0.533. The molecule has 0 bridgehead atoms. The zero-order chi connectivity index (χ0) is 14.8. The maximum absolute atomic E-state index is 13.0. The predicted molar refractivity (Wildman–Crippen MR) is 71.4 cm³/mol. The molecule has 112 valence electrons. The number of halogens is 1. The van der Waals surface area contributed by atoms with Gasteiger partial charge in [-0.1, -0.05) is 0 Å². The van der Waals surface area contributed by atoms with Gasteiger partial charge >= 0.3 is 5.69 Å². The number of ether oxygens (including phenoxy) is 1. The van der Waals surface area contributed by atoms with Crippen LogP contribution in [0.25, 0.3) is 0 Å². The molecule has 0 unspecified atom stereocenters. The molecule has 0 amide bonds. The largest absolute Gasteiger partial charge is 0.381 e. The molecule has 3 heterocycles. The Hall–Kier alpha value is -2.09. The Morgan fingerprint density at radius 2 is 2.14 bits per heavy atom. The average Bonchev–Trinajstić information content (AvgIpc) is 2.84. The van der Waals surface area contributed by atoms with E-state index in [1.807, 2.05) is 0 Å². The number of rotatable bonds is 3. The Morgan fingerprint density at radius 1 is 1.38 bits per heavy atom. The van der Waals surface area contributed by atoms with Crippen LogP contribution >= 0.6 is 0 Å².